The maximum atomic E-state index is 14.0. The minimum Gasteiger partial charge on any atom is -0.451 e. The van der Waals surface area contributed by atoms with E-state index in [1.54, 1.807) is 6.07 Å². The summed E-state index contributed by atoms with van der Waals surface area (Å²) in [6.45, 7) is 1.98. The molecule has 9 nitrogen and oxygen atoms in total. The molecule has 1 aliphatic rings. The molecule has 2 atom stereocenters. The van der Waals surface area contributed by atoms with Gasteiger partial charge in [0.2, 0.25) is 5.91 Å². The van der Waals surface area contributed by atoms with Gasteiger partial charge in [-0.05, 0) is 42.5 Å². The number of hydrogen-bond acceptors (Lipinski definition) is 5. The molecule has 0 radical (unpaired) electrons. The fourth-order valence-corrected chi connectivity index (χ4v) is 5.55. The molecule has 42 heavy (non-hydrogen) atoms. The van der Waals surface area contributed by atoms with Gasteiger partial charge in [0, 0.05) is 43.5 Å². The molecule has 1 fully saturated rings. The van der Waals surface area contributed by atoms with Crippen molar-refractivity contribution in [3.05, 3.63) is 108 Å². The van der Waals surface area contributed by atoms with Crippen LogP contribution in [-0.4, -0.2) is 60.9 Å². The van der Waals surface area contributed by atoms with Gasteiger partial charge in [-0.25, -0.2) is 0 Å². The van der Waals surface area contributed by atoms with Crippen LogP contribution in [-0.2, 0) is 4.79 Å². The first-order valence-corrected chi connectivity index (χ1v) is 14.5. The Bertz CT molecular complexity index is 1420. The first kappa shape index (κ1) is 28.9. The highest BCUT2D eigenvalue weighted by Gasteiger charge is 2.32. The smallest absolute Gasteiger partial charge is 0.287 e. The number of hydrogen-bond donors (Lipinski definition) is 5. The Morgan fingerprint density at radius 2 is 1.67 bits per heavy atom. The minimum atomic E-state index is -0.429. The van der Waals surface area contributed by atoms with Crippen molar-refractivity contribution >= 4 is 28.7 Å². The van der Waals surface area contributed by atoms with E-state index in [0.29, 0.717) is 51.0 Å². The first-order valence-electron chi connectivity index (χ1n) is 14.5. The Balaban J connectivity index is 1.30. The first-order chi connectivity index (χ1) is 20.5. The highest BCUT2D eigenvalue weighted by molar-refractivity contribution is 5.96. The van der Waals surface area contributed by atoms with Crippen molar-refractivity contribution in [2.24, 2.45) is 5.73 Å². The van der Waals surface area contributed by atoms with Crippen molar-refractivity contribution in [2.75, 3.05) is 26.2 Å². The third-order valence-corrected chi connectivity index (χ3v) is 7.74. The molecule has 4 aromatic rings. The molecule has 2 amide bonds. The molecular weight excluding hydrogens is 528 g/mol. The Hall–Kier alpha value is -4.63. The number of amides is 2. The van der Waals surface area contributed by atoms with Crippen LogP contribution in [0.1, 0.15) is 46.9 Å². The second kappa shape index (κ2) is 13.8. The Morgan fingerprint density at radius 1 is 1.00 bits per heavy atom. The highest BCUT2D eigenvalue weighted by atomic mass is 16.3. The van der Waals surface area contributed by atoms with Gasteiger partial charge in [-0.3, -0.25) is 15.0 Å². The quantitative estimate of drug-likeness (QED) is 0.106. The van der Waals surface area contributed by atoms with Crippen LogP contribution in [0.4, 0.5) is 0 Å². The van der Waals surface area contributed by atoms with Gasteiger partial charge in [0.05, 0.1) is 6.04 Å². The number of nitrogens with one attached hydrogen (secondary N) is 4. The molecule has 1 aliphatic heterocycles. The Kier molecular flexibility index (Phi) is 9.51. The van der Waals surface area contributed by atoms with E-state index in [1.807, 2.05) is 65.6 Å². The van der Waals surface area contributed by atoms with Gasteiger partial charge in [0.15, 0.2) is 11.7 Å². The second-order valence-electron chi connectivity index (χ2n) is 10.7. The fraction of sp³-hybridized carbons (Fsp3) is 0.303. The van der Waals surface area contributed by atoms with Gasteiger partial charge in [-0.2, -0.15) is 0 Å². The number of nitrogens with zero attached hydrogens (tertiary/aromatic N) is 1. The van der Waals surface area contributed by atoms with Crippen molar-refractivity contribution in [1.29, 1.82) is 5.41 Å². The Morgan fingerprint density at radius 3 is 2.33 bits per heavy atom. The van der Waals surface area contributed by atoms with Crippen molar-refractivity contribution in [3.8, 4) is 0 Å². The fourth-order valence-electron chi connectivity index (χ4n) is 5.55. The third kappa shape index (κ3) is 7.36. The number of guanidine groups is 1. The van der Waals surface area contributed by atoms with Crippen LogP contribution in [0.2, 0.25) is 0 Å². The number of carbonyl (C=O) groups is 2. The maximum Gasteiger partial charge on any atom is 0.287 e. The van der Waals surface area contributed by atoms with Gasteiger partial charge >= 0.3 is 0 Å². The lowest BCUT2D eigenvalue weighted by Gasteiger charge is -2.29. The van der Waals surface area contributed by atoms with E-state index in [-0.39, 0.29) is 35.5 Å². The van der Waals surface area contributed by atoms with Crippen molar-refractivity contribution in [3.63, 3.8) is 0 Å². The highest BCUT2D eigenvalue weighted by Crippen LogP contribution is 2.27. The zero-order chi connectivity index (χ0) is 29.3. The maximum absolute atomic E-state index is 14.0. The van der Waals surface area contributed by atoms with Gasteiger partial charge < -0.3 is 31.0 Å². The molecule has 0 unspecified atom stereocenters. The van der Waals surface area contributed by atoms with Crippen molar-refractivity contribution in [2.45, 2.75) is 37.3 Å². The van der Waals surface area contributed by atoms with Crippen molar-refractivity contribution < 1.29 is 14.0 Å². The Labute approximate surface area is 246 Å². The zero-order valence-electron chi connectivity index (χ0n) is 23.6. The molecule has 2 heterocycles. The average Bonchev–Trinajstić information content (AvgIpc) is 3.39. The van der Waals surface area contributed by atoms with Crippen LogP contribution in [0.15, 0.2) is 95.4 Å². The van der Waals surface area contributed by atoms with Gasteiger partial charge in [-0.15, -0.1) is 0 Å². The standard InChI is InChI=1S/C33H38N6O3/c34-33(35)36-18-9-15-28-32(41)39(22-27(23-10-3-1-4-11-23)24-12-5-2-6-13-24)19-17-26(38-28)21-37-31(40)30-20-25-14-7-8-16-29(25)42-30/h1-8,10-14,16,20,26-28,38H,9,15,17-19,21-22H2,(H,37,40)(H4,34,35,36)/t26-,28-/m0/s1. The number of para-hydroxylation sites is 1. The molecule has 6 N–H and O–H groups in total. The summed E-state index contributed by atoms with van der Waals surface area (Å²) in [5.74, 6) is -0.0307. The molecule has 0 saturated carbocycles. The summed E-state index contributed by atoms with van der Waals surface area (Å²) in [6, 6.07) is 29.3. The van der Waals surface area contributed by atoms with E-state index in [1.165, 1.54) is 0 Å². The largest absolute Gasteiger partial charge is 0.451 e. The molecule has 3 aromatic carbocycles. The van der Waals surface area contributed by atoms with E-state index < -0.39 is 6.04 Å². The van der Waals surface area contributed by atoms with E-state index in [9.17, 15) is 9.59 Å². The summed E-state index contributed by atoms with van der Waals surface area (Å²) in [5.41, 5.74) is 8.43. The van der Waals surface area contributed by atoms with E-state index in [4.69, 9.17) is 15.6 Å². The monoisotopic (exact) mass is 566 g/mol. The predicted molar refractivity (Wildman–Crippen MR) is 164 cm³/mol. The number of rotatable bonds is 11. The summed E-state index contributed by atoms with van der Waals surface area (Å²) in [5, 5.41) is 17.6. The van der Waals surface area contributed by atoms with Crippen LogP contribution in [0, 0.1) is 5.41 Å². The summed E-state index contributed by atoms with van der Waals surface area (Å²) < 4.78 is 5.73. The van der Waals surface area contributed by atoms with Crippen LogP contribution < -0.4 is 21.7 Å². The van der Waals surface area contributed by atoms with Crippen LogP contribution in [0.25, 0.3) is 11.0 Å². The molecule has 9 heteroatoms. The molecule has 0 bridgehead atoms. The normalized spacial score (nSPS) is 17.3. The van der Waals surface area contributed by atoms with Crippen molar-refractivity contribution in [1.82, 2.24) is 20.9 Å². The van der Waals surface area contributed by atoms with Crippen LogP contribution in [0.5, 0.6) is 0 Å². The van der Waals surface area contributed by atoms with E-state index >= 15 is 0 Å². The van der Waals surface area contributed by atoms with Crippen LogP contribution in [0.3, 0.4) is 0 Å². The summed E-state index contributed by atoms with van der Waals surface area (Å²) >= 11 is 0. The van der Waals surface area contributed by atoms with E-state index in [0.717, 1.165) is 16.5 Å². The summed E-state index contributed by atoms with van der Waals surface area (Å²) in [6.07, 6.45) is 1.92. The lowest BCUT2D eigenvalue weighted by Crippen LogP contribution is -2.49. The number of nitrogens with two attached hydrogens (primary N) is 1. The number of carbonyl (C=O) groups excluding carboxylic acids is 2. The SMILES string of the molecule is N=C(N)NCCC[C@@H]1N[C@H](CNC(=O)c2cc3ccccc3o2)CCN(CC(c2ccccc2)c2ccccc2)C1=O. The molecule has 5 rings (SSSR count). The summed E-state index contributed by atoms with van der Waals surface area (Å²) in [4.78, 5) is 28.8. The second-order valence-corrected chi connectivity index (χ2v) is 10.7. The molecule has 1 saturated heterocycles. The molecule has 0 aliphatic carbocycles. The number of fused-ring (bicyclic) bond motifs is 1. The lowest BCUT2D eigenvalue weighted by atomic mass is 9.90. The van der Waals surface area contributed by atoms with Gasteiger partial charge in [0.1, 0.15) is 5.58 Å². The van der Waals surface area contributed by atoms with Gasteiger partial charge in [-0.1, -0.05) is 78.9 Å². The number of benzene rings is 3. The van der Waals surface area contributed by atoms with Gasteiger partial charge in [0.25, 0.3) is 5.91 Å². The predicted octanol–water partition coefficient (Wildman–Crippen LogP) is 3.82. The molecule has 218 valence electrons. The number of furan rings is 1. The van der Waals surface area contributed by atoms with Crippen LogP contribution >= 0.6 is 0 Å². The third-order valence-electron chi connectivity index (χ3n) is 7.74. The zero-order valence-corrected chi connectivity index (χ0v) is 23.6. The topological polar surface area (TPSA) is 136 Å². The lowest BCUT2D eigenvalue weighted by molar-refractivity contribution is -0.133. The molecule has 0 spiro atoms. The average molecular weight is 567 g/mol. The summed E-state index contributed by atoms with van der Waals surface area (Å²) in [7, 11) is 0. The van der Waals surface area contributed by atoms with E-state index in [2.05, 4.69) is 40.2 Å². The molecular formula is C33H38N6O3. The molecule has 1 aromatic heterocycles. The minimum absolute atomic E-state index is 0.0284.